The molecule has 0 unspecified atom stereocenters. The van der Waals surface area contributed by atoms with Crippen LogP contribution in [0.1, 0.15) is 5.69 Å². The zero-order valence-electron chi connectivity index (χ0n) is 10.1. The van der Waals surface area contributed by atoms with Crippen LogP contribution in [0, 0.1) is 0 Å². The lowest BCUT2D eigenvalue weighted by Gasteiger charge is -2.26. The normalized spacial score (nSPS) is 13.1. The number of ether oxygens (including phenoxy) is 1. The van der Waals surface area contributed by atoms with Crippen molar-refractivity contribution in [2.24, 2.45) is 0 Å². The zero-order chi connectivity index (χ0) is 13.4. The topological polar surface area (TPSA) is 79.2 Å². The maximum Gasteiger partial charge on any atom is 0.202 e. The summed E-state index contributed by atoms with van der Waals surface area (Å²) in [5.74, 6) is 1.33. The fraction of sp³-hybridized carbons (Fsp3) is 0.0833. The van der Waals surface area contributed by atoms with Crippen LogP contribution in [0.15, 0.2) is 24.4 Å². The van der Waals surface area contributed by atoms with Crippen LogP contribution in [0.5, 0.6) is 5.75 Å². The van der Waals surface area contributed by atoms with Gasteiger partial charge < -0.3 is 15.5 Å². The number of imidazole rings is 1. The molecule has 1 aliphatic rings. The van der Waals surface area contributed by atoms with E-state index < -0.39 is 0 Å². The van der Waals surface area contributed by atoms with Crippen molar-refractivity contribution in [3.8, 4) is 5.75 Å². The minimum atomic E-state index is 0.341. The second-order valence-electron chi connectivity index (χ2n) is 4.02. The van der Waals surface area contributed by atoms with Crippen LogP contribution in [-0.2, 0) is 0 Å². The molecule has 0 saturated heterocycles. The SMILES string of the molecule is COc1cc(N)ccc1N1C=Cc2[nH]c(Cl)nc2N1. The van der Waals surface area contributed by atoms with Crippen LogP contribution in [0.4, 0.5) is 17.2 Å². The predicted octanol–water partition coefficient (Wildman–Crippen LogP) is 2.47. The molecule has 0 aliphatic carbocycles. The molecule has 6 nitrogen and oxygen atoms in total. The van der Waals surface area contributed by atoms with Crippen molar-refractivity contribution in [2.75, 3.05) is 23.3 Å². The number of aromatic nitrogens is 2. The monoisotopic (exact) mass is 277 g/mol. The highest BCUT2D eigenvalue weighted by Gasteiger charge is 2.17. The Kier molecular flexibility index (Phi) is 2.72. The highest BCUT2D eigenvalue weighted by molar-refractivity contribution is 6.28. The summed E-state index contributed by atoms with van der Waals surface area (Å²) in [5.41, 5.74) is 11.2. The van der Waals surface area contributed by atoms with Crippen LogP contribution in [0.3, 0.4) is 0 Å². The lowest BCUT2D eigenvalue weighted by atomic mass is 10.2. The van der Waals surface area contributed by atoms with E-state index in [2.05, 4.69) is 15.4 Å². The van der Waals surface area contributed by atoms with E-state index in [-0.39, 0.29) is 0 Å². The third-order valence-electron chi connectivity index (χ3n) is 2.78. The molecule has 3 rings (SSSR count). The smallest absolute Gasteiger partial charge is 0.202 e. The Bertz CT molecular complexity index is 652. The number of nitrogens with two attached hydrogens (primary N) is 1. The third kappa shape index (κ3) is 2.06. The number of hydrazine groups is 1. The molecule has 0 atom stereocenters. The van der Waals surface area contributed by atoms with Gasteiger partial charge in [0.05, 0.1) is 12.8 Å². The van der Waals surface area contributed by atoms with E-state index in [0.717, 1.165) is 11.4 Å². The number of hydrogen-bond donors (Lipinski definition) is 3. The number of rotatable bonds is 2. The standard InChI is InChI=1S/C12H12ClN5O/c1-19-10-6-7(14)2-3-9(10)18-5-4-8-11(17-18)16-12(13)15-8/h2-6,17H,14H2,1H3,(H,15,16). The number of fused-ring (bicyclic) bond motifs is 1. The van der Waals surface area contributed by atoms with Crippen LogP contribution < -0.4 is 20.9 Å². The van der Waals surface area contributed by atoms with Crippen molar-refractivity contribution < 1.29 is 4.74 Å². The summed E-state index contributed by atoms with van der Waals surface area (Å²) in [6.07, 6.45) is 3.73. The van der Waals surface area contributed by atoms with E-state index >= 15 is 0 Å². The average Bonchev–Trinajstić information content (AvgIpc) is 2.77. The van der Waals surface area contributed by atoms with E-state index in [9.17, 15) is 0 Å². The number of nitrogen functional groups attached to an aromatic ring is 1. The summed E-state index contributed by atoms with van der Waals surface area (Å²) in [4.78, 5) is 7.07. The largest absolute Gasteiger partial charge is 0.494 e. The summed E-state index contributed by atoms with van der Waals surface area (Å²) >= 11 is 5.82. The van der Waals surface area contributed by atoms with E-state index in [1.807, 2.05) is 18.3 Å². The third-order valence-corrected chi connectivity index (χ3v) is 2.96. The first-order chi connectivity index (χ1) is 9.17. The molecule has 0 saturated carbocycles. The number of H-pyrrole nitrogens is 1. The number of hydrogen-bond acceptors (Lipinski definition) is 5. The Morgan fingerprint density at radius 2 is 2.26 bits per heavy atom. The van der Waals surface area contributed by atoms with Gasteiger partial charge in [-0.05, 0) is 29.8 Å². The summed E-state index contributed by atoms with van der Waals surface area (Å²) in [5, 5.41) is 2.13. The lowest BCUT2D eigenvalue weighted by molar-refractivity contribution is 0.416. The minimum absolute atomic E-state index is 0.341. The van der Waals surface area contributed by atoms with Crippen molar-refractivity contribution in [3.05, 3.63) is 35.4 Å². The van der Waals surface area contributed by atoms with Crippen molar-refractivity contribution in [1.82, 2.24) is 9.97 Å². The molecule has 19 heavy (non-hydrogen) atoms. The van der Waals surface area contributed by atoms with Gasteiger partial charge in [0.1, 0.15) is 11.4 Å². The van der Waals surface area contributed by atoms with E-state index in [1.54, 1.807) is 24.3 Å². The Hall–Kier alpha value is -2.34. The van der Waals surface area contributed by atoms with E-state index in [1.165, 1.54) is 0 Å². The first kappa shape index (κ1) is 11.7. The quantitative estimate of drug-likeness (QED) is 0.735. The van der Waals surface area contributed by atoms with Crippen molar-refractivity contribution in [3.63, 3.8) is 0 Å². The summed E-state index contributed by atoms with van der Waals surface area (Å²) in [6.45, 7) is 0. The van der Waals surface area contributed by atoms with Crippen LogP contribution in [0.2, 0.25) is 5.28 Å². The van der Waals surface area contributed by atoms with Crippen LogP contribution in [-0.4, -0.2) is 17.1 Å². The fourth-order valence-corrected chi connectivity index (χ4v) is 2.08. The first-order valence-electron chi connectivity index (χ1n) is 5.60. The highest BCUT2D eigenvalue weighted by atomic mass is 35.5. The molecule has 0 fully saturated rings. The number of aromatic amines is 1. The summed E-state index contributed by atoms with van der Waals surface area (Å²) in [7, 11) is 1.60. The molecule has 2 heterocycles. The molecule has 4 N–H and O–H groups in total. The molecule has 0 bridgehead atoms. The van der Waals surface area contributed by atoms with Crippen molar-refractivity contribution in [1.29, 1.82) is 0 Å². The van der Waals surface area contributed by atoms with Gasteiger partial charge in [-0.3, -0.25) is 10.4 Å². The van der Waals surface area contributed by atoms with Gasteiger partial charge in [-0.2, -0.15) is 4.98 Å². The van der Waals surface area contributed by atoms with Gasteiger partial charge in [0.15, 0.2) is 5.82 Å². The number of halogens is 1. The summed E-state index contributed by atoms with van der Waals surface area (Å²) in [6, 6.07) is 5.43. The molecular weight excluding hydrogens is 266 g/mol. The second-order valence-corrected chi connectivity index (χ2v) is 4.38. The Balaban J connectivity index is 1.97. The Morgan fingerprint density at radius 1 is 1.42 bits per heavy atom. The number of benzene rings is 1. The van der Waals surface area contributed by atoms with Gasteiger partial charge in [0.25, 0.3) is 0 Å². The van der Waals surface area contributed by atoms with Gasteiger partial charge in [-0.25, -0.2) is 0 Å². The molecule has 2 aromatic rings. The maximum absolute atomic E-state index is 5.82. The average molecular weight is 278 g/mol. The molecule has 1 aliphatic heterocycles. The lowest BCUT2D eigenvalue weighted by Crippen LogP contribution is -2.26. The molecule has 0 radical (unpaired) electrons. The molecule has 1 aromatic heterocycles. The van der Waals surface area contributed by atoms with Gasteiger partial charge in [0, 0.05) is 18.0 Å². The summed E-state index contributed by atoms with van der Waals surface area (Å²) < 4.78 is 5.32. The first-order valence-corrected chi connectivity index (χ1v) is 5.98. The van der Waals surface area contributed by atoms with Crippen LogP contribution >= 0.6 is 11.6 Å². The molecular formula is C12H12ClN5O. The number of nitrogens with one attached hydrogen (secondary N) is 2. The zero-order valence-corrected chi connectivity index (χ0v) is 10.9. The minimum Gasteiger partial charge on any atom is -0.494 e. The van der Waals surface area contributed by atoms with Gasteiger partial charge in [-0.1, -0.05) is 0 Å². The van der Waals surface area contributed by atoms with Crippen molar-refractivity contribution in [2.45, 2.75) is 0 Å². The van der Waals surface area contributed by atoms with Gasteiger partial charge in [-0.15, -0.1) is 0 Å². The maximum atomic E-state index is 5.82. The Labute approximate surface area is 114 Å². The number of methoxy groups -OCH3 is 1. The molecule has 1 aromatic carbocycles. The van der Waals surface area contributed by atoms with E-state index in [4.69, 9.17) is 22.1 Å². The van der Waals surface area contributed by atoms with E-state index in [0.29, 0.717) is 22.5 Å². The molecule has 98 valence electrons. The second kappa shape index (κ2) is 4.40. The highest BCUT2D eigenvalue weighted by Crippen LogP contribution is 2.33. The Morgan fingerprint density at radius 3 is 3.05 bits per heavy atom. The fourth-order valence-electron chi connectivity index (χ4n) is 1.90. The van der Waals surface area contributed by atoms with Gasteiger partial charge in [0.2, 0.25) is 5.28 Å². The molecule has 0 spiro atoms. The molecule has 0 amide bonds. The van der Waals surface area contributed by atoms with Gasteiger partial charge >= 0.3 is 0 Å². The predicted molar refractivity (Wildman–Crippen MR) is 76.1 cm³/mol. The van der Waals surface area contributed by atoms with Crippen LogP contribution in [0.25, 0.3) is 6.08 Å². The molecule has 7 heteroatoms. The van der Waals surface area contributed by atoms with Crippen molar-refractivity contribution >= 4 is 34.9 Å². The number of anilines is 3. The number of nitrogens with zero attached hydrogens (tertiary/aromatic N) is 2.